The molecule has 0 atom stereocenters. The standard InChI is InChI=1S/4C4H9O.CH5O3P.2Al/c4*1-4(2,3)5;1-5(2,3)4;;/h4*1-3H3;1H3,(H2,2,3,4);;/q4*-1;;2*+3/p-2. The molecule has 0 fully saturated rings. The molecule has 10 heteroatoms. The quantitative estimate of drug-likeness (QED) is 0.490. The van der Waals surface area contributed by atoms with E-state index in [-0.39, 0.29) is 54.2 Å². The van der Waals surface area contributed by atoms with Crippen LogP contribution in [0, 0.1) is 0 Å². The summed E-state index contributed by atoms with van der Waals surface area (Å²) in [7, 11) is -4.14. The zero-order valence-corrected chi connectivity index (χ0v) is 22.7. The second-order valence-electron chi connectivity index (χ2n) is 9.88. The number of rotatable bonds is 4. The van der Waals surface area contributed by atoms with Gasteiger partial charge in [-0.3, -0.25) is 0 Å². The maximum absolute atomic E-state index is 9.10. The Morgan fingerprint density at radius 3 is 0.741 bits per heavy atom. The third-order valence-corrected chi connectivity index (χ3v) is 4.82. The van der Waals surface area contributed by atoms with Crippen LogP contribution < -0.4 is 9.79 Å². The fraction of sp³-hybridized carbons (Fsp3) is 1.00. The van der Waals surface area contributed by atoms with Crippen LogP contribution in [0.1, 0.15) is 83.1 Å². The van der Waals surface area contributed by atoms with Crippen molar-refractivity contribution in [1.82, 2.24) is 0 Å². The summed E-state index contributed by atoms with van der Waals surface area (Å²) in [5, 5.41) is 0. The van der Waals surface area contributed by atoms with Gasteiger partial charge in [0.1, 0.15) is 0 Å². The van der Waals surface area contributed by atoms with Crippen molar-refractivity contribution < 1.29 is 29.5 Å². The Hall–Kier alpha value is 1.05. The molecule has 0 N–H and O–H groups in total. The molecule has 0 aliphatic heterocycles. The molecule has 0 saturated carbocycles. The van der Waals surface area contributed by atoms with Crippen LogP contribution >= 0.6 is 7.60 Å². The van der Waals surface area contributed by atoms with E-state index in [1.165, 1.54) is 0 Å². The molecule has 0 radical (unpaired) electrons. The van der Waals surface area contributed by atoms with Crippen LogP contribution in [0.2, 0.25) is 0 Å². The van der Waals surface area contributed by atoms with Gasteiger partial charge < -0.3 is 14.4 Å². The Kier molecular flexibility index (Phi) is 16.2. The molecular formula is C17H39Al2O7P. The van der Waals surface area contributed by atoms with Gasteiger partial charge in [0.05, 0.1) is 0 Å². The van der Waals surface area contributed by atoms with E-state index in [0.717, 1.165) is 0 Å². The smallest absolute Gasteiger partial charge is 0.0369 e. The van der Waals surface area contributed by atoms with Crippen molar-refractivity contribution in [2.24, 2.45) is 0 Å². The van der Waals surface area contributed by atoms with Crippen molar-refractivity contribution in [2.45, 2.75) is 105 Å². The van der Waals surface area contributed by atoms with E-state index in [9.17, 15) is 0 Å². The summed E-state index contributed by atoms with van der Waals surface area (Å²) in [5.41, 5.74) is -0.275. The third kappa shape index (κ3) is 58.4. The average Bonchev–Trinajstić information content (AvgIpc) is 2.18. The Labute approximate surface area is 180 Å². The Morgan fingerprint density at radius 1 is 0.556 bits per heavy atom. The SMILES string of the molecule is CC(C)(C)[O][Al+][O]C(C)(C)C.CC(C)(C)[O][Al+][O]C(C)(C)C.CP(=O)([O-])[O-]. The van der Waals surface area contributed by atoms with Gasteiger partial charge >= 0.3 is 152 Å². The fourth-order valence-corrected chi connectivity index (χ4v) is 1.88. The second-order valence-corrected chi connectivity index (χ2v) is 12.8. The Balaban J connectivity index is -0.000000344. The average molecular weight is 440 g/mol. The molecule has 0 spiro atoms. The molecule has 0 aliphatic rings. The molecule has 0 aromatic carbocycles. The van der Waals surface area contributed by atoms with Gasteiger partial charge in [-0.1, -0.05) is 7.60 Å². The summed E-state index contributed by atoms with van der Waals surface area (Å²) in [6.45, 7) is 25.0. The van der Waals surface area contributed by atoms with Crippen LogP contribution in [-0.4, -0.2) is 60.8 Å². The van der Waals surface area contributed by atoms with Gasteiger partial charge in [-0.2, -0.15) is 0 Å². The van der Waals surface area contributed by atoms with Crippen molar-refractivity contribution in [1.29, 1.82) is 0 Å². The van der Waals surface area contributed by atoms with Crippen molar-refractivity contribution in [3.8, 4) is 0 Å². The first-order chi connectivity index (χ1) is 11.4. The van der Waals surface area contributed by atoms with Gasteiger partial charge in [0.2, 0.25) is 0 Å². The summed E-state index contributed by atoms with van der Waals surface area (Å²) < 4.78 is 31.0. The molecule has 0 heterocycles. The van der Waals surface area contributed by atoms with E-state index in [1.54, 1.807) is 0 Å². The fourth-order valence-electron chi connectivity index (χ4n) is 0.625. The first-order valence-corrected chi connectivity index (χ1v) is 12.6. The van der Waals surface area contributed by atoms with E-state index in [0.29, 0.717) is 6.66 Å². The molecule has 27 heavy (non-hydrogen) atoms. The van der Waals surface area contributed by atoms with Gasteiger partial charge in [0, 0.05) is 0 Å². The molecular weight excluding hydrogens is 401 g/mol. The first kappa shape index (κ1) is 32.7. The van der Waals surface area contributed by atoms with Gasteiger partial charge in [-0.05, 0) is 6.66 Å². The second kappa shape index (κ2) is 13.4. The molecule has 0 unspecified atom stereocenters. The first-order valence-electron chi connectivity index (χ1n) is 8.75. The molecule has 0 aromatic heterocycles. The van der Waals surface area contributed by atoms with Crippen molar-refractivity contribution >= 4 is 39.4 Å². The van der Waals surface area contributed by atoms with E-state index in [2.05, 4.69) is 0 Å². The molecule has 0 rings (SSSR count). The summed E-state index contributed by atoms with van der Waals surface area (Å²) in [6.07, 6.45) is 0. The minimum absolute atomic E-state index is 0.0689. The van der Waals surface area contributed by atoms with E-state index >= 15 is 0 Å². The van der Waals surface area contributed by atoms with Crippen LogP contribution in [0.15, 0.2) is 0 Å². The van der Waals surface area contributed by atoms with E-state index in [1.807, 2.05) is 83.1 Å². The molecule has 0 saturated heterocycles. The number of hydrogen-bond acceptors (Lipinski definition) is 7. The maximum atomic E-state index is 9.10. The van der Waals surface area contributed by atoms with Crippen molar-refractivity contribution in [2.75, 3.05) is 6.66 Å². The monoisotopic (exact) mass is 440 g/mol. The van der Waals surface area contributed by atoms with Crippen LogP contribution in [-0.2, 0) is 19.7 Å². The summed E-state index contributed by atoms with van der Waals surface area (Å²) >= 11 is -0.662. The molecule has 7 nitrogen and oxygen atoms in total. The Bertz CT molecular complexity index is 347. The zero-order chi connectivity index (χ0) is 22.7. The van der Waals surface area contributed by atoms with Crippen molar-refractivity contribution in [3.05, 3.63) is 0 Å². The summed E-state index contributed by atoms with van der Waals surface area (Å²) in [5.74, 6) is 0. The van der Waals surface area contributed by atoms with E-state index < -0.39 is 7.60 Å². The van der Waals surface area contributed by atoms with Crippen LogP contribution in [0.3, 0.4) is 0 Å². The van der Waals surface area contributed by atoms with Crippen LogP contribution in [0.5, 0.6) is 0 Å². The van der Waals surface area contributed by atoms with Gasteiger partial charge in [-0.25, -0.2) is 0 Å². The Morgan fingerprint density at radius 2 is 0.667 bits per heavy atom. The molecule has 0 bridgehead atoms. The molecule has 0 aliphatic carbocycles. The van der Waals surface area contributed by atoms with Gasteiger partial charge in [0.15, 0.2) is 0 Å². The maximum Gasteiger partial charge on any atom is -0.0369 e. The normalized spacial score (nSPS) is 12.7. The molecule has 0 aromatic rings. The molecule has 160 valence electrons. The van der Waals surface area contributed by atoms with Gasteiger partial charge in [-0.15, -0.1) is 0 Å². The predicted molar refractivity (Wildman–Crippen MR) is 108 cm³/mol. The van der Waals surface area contributed by atoms with Gasteiger partial charge in [0.25, 0.3) is 0 Å². The largest absolute Gasteiger partial charge is 0.811 e. The third-order valence-electron chi connectivity index (χ3n) is 1.61. The minimum Gasteiger partial charge on any atom is -0.811 e. The van der Waals surface area contributed by atoms with E-state index in [4.69, 9.17) is 29.5 Å². The van der Waals surface area contributed by atoms with Crippen LogP contribution in [0.25, 0.3) is 0 Å². The minimum atomic E-state index is -4.14. The number of hydrogen-bond donors (Lipinski definition) is 0. The zero-order valence-electron chi connectivity index (χ0n) is 19.5. The van der Waals surface area contributed by atoms with Crippen molar-refractivity contribution in [3.63, 3.8) is 0 Å². The summed E-state index contributed by atoms with van der Waals surface area (Å²) in [4.78, 5) is 18.2. The molecule has 0 amide bonds. The predicted octanol–water partition coefficient (Wildman–Crippen LogP) is 2.83. The van der Waals surface area contributed by atoms with Crippen LogP contribution in [0.4, 0.5) is 0 Å². The summed E-state index contributed by atoms with van der Waals surface area (Å²) in [6, 6.07) is 0. The topological polar surface area (TPSA) is 100 Å².